The zero-order chi connectivity index (χ0) is 17.9. The maximum absolute atomic E-state index is 12.4. The minimum absolute atomic E-state index is 0.0451. The van der Waals surface area contributed by atoms with Gasteiger partial charge in [0, 0.05) is 16.8 Å². The molecule has 4 rings (SSSR count). The van der Waals surface area contributed by atoms with Crippen molar-refractivity contribution in [2.24, 2.45) is 0 Å². The number of rotatable bonds is 5. The number of nitrogens with zero attached hydrogens (tertiary/aromatic N) is 1. The number of fused-ring (bicyclic) bond motifs is 1. The highest BCUT2D eigenvalue weighted by Gasteiger charge is 2.19. The molecule has 0 spiro atoms. The summed E-state index contributed by atoms with van der Waals surface area (Å²) in [4.78, 5) is 12.4. The van der Waals surface area contributed by atoms with Crippen LogP contribution in [0.5, 0.6) is 5.75 Å². The average Bonchev–Trinajstić information content (AvgIpc) is 3.27. The molecule has 2 N–H and O–H groups in total. The maximum Gasteiger partial charge on any atom is 0.230 e. The van der Waals surface area contributed by atoms with E-state index in [9.17, 15) is 4.79 Å². The molecule has 5 heteroatoms. The molecule has 0 saturated carbocycles. The molecule has 0 saturated heterocycles. The van der Waals surface area contributed by atoms with Crippen LogP contribution in [0.25, 0.3) is 11.1 Å². The van der Waals surface area contributed by atoms with E-state index in [1.165, 1.54) is 0 Å². The first kappa shape index (κ1) is 16.4. The molecule has 0 fully saturated rings. The molecule has 1 heterocycles. The standard InChI is InChI=1S/C21H21N3O2/c1-26-19-8-3-2-5-16(19)15-11-9-14(10-12-15)13-20(25)22-21-17-6-4-7-18(17)23-24-21/h2-3,5,8-12H,4,6-7,13H2,1H3,(H2,22,23,24,25). The lowest BCUT2D eigenvalue weighted by atomic mass is 10.0. The lowest BCUT2D eigenvalue weighted by Gasteiger charge is -2.09. The minimum Gasteiger partial charge on any atom is -0.496 e. The summed E-state index contributed by atoms with van der Waals surface area (Å²) in [6.07, 6.45) is 3.45. The van der Waals surface area contributed by atoms with Gasteiger partial charge in [0.2, 0.25) is 5.91 Å². The van der Waals surface area contributed by atoms with E-state index in [2.05, 4.69) is 15.5 Å². The number of para-hydroxylation sites is 1. The highest BCUT2D eigenvalue weighted by atomic mass is 16.5. The summed E-state index contributed by atoms with van der Waals surface area (Å²) in [5.41, 5.74) is 5.38. The summed E-state index contributed by atoms with van der Waals surface area (Å²) in [5, 5.41) is 10.2. The lowest BCUT2D eigenvalue weighted by molar-refractivity contribution is -0.115. The fourth-order valence-electron chi connectivity index (χ4n) is 3.47. The highest BCUT2D eigenvalue weighted by molar-refractivity contribution is 5.92. The quantitative estimate of drug-likeness (QED) is 0.738. The number of anilines is 1. The Morgan fingerprint density at radius 3 is 2.77 bits per heavy atom. The van der Waals surface area contributed by atoms with Crippen LogP contribution in [0.4, 0.5) is 5.82 Å². The zero-order valence-electron chi connectivity index (χ0n) is 14.7. The van der Waals surface area contributed by atoms with Gasteiger partial charge in [-0.1, -0.05) is 42.5 Å². The van der Waals surface area contributed by atoms with Gasteiger partial charge < -0.3 is 10.1 Å². The molecule has 1 aliphatic carbocycles. The molecule has 0 unspecified atom stereocenters. The summed E-state index contributed by atoms with van der Waals surface area (Å²) in [6.45, 7) is 0. The first-order valence-corrected chi connectivity index (χ1v) is 8.83. The highest BCUT2D eigenvalue weighted by Crippen LogP contribution is 2.30. The maximum atomic E-state index is 12.4. The molecule has 0 radical (unpaired) electrons. The van der Waals surface area contributed by atoms with Crippen LogP contribution in [0.2, 0.25) is 0 Å². The smallest absolute Gasteiger partial charge is 0.230 e. The topological polar surface area (TPSA) is 67.0 Å². The Morgan fingerprint density at radius 1 is 1.15 bits per heavy atom. The fraction of sp³-hybridized carbons (Fsp3) is 0.238. The van der Waals surface area contributed by atoms with Crippen LogP contribution in [0.15, 0.2) is 48.5 Å². The lowest BCUT2D eigenvalue weighted by Crippen LogP contribution is -2.15. The Hall–Kier alpha value is -3.08. The van der Waals surface area contributed by atoms with Gasteiger partial charge in [-0.3, -0.25) is 9.89 Å². The van der Waals surface area contributed by atoms with Crippen LogP contribution >= 0.6 is 0 Å². The second kappa shape index (κ2) is 7.04. The van der Waals surface area contributed by atoms with E-state index in [1.807, 2.05) is 48.5 Å². The van der Waals surface area contributed by atoms with E-state index >= 15 is 0 Å². The van der Waals surface area contributed by atoms with Crippen LogP contribution in [0, 0.1) is 0 Å². The van der Waals surface area contributed by atoms with Crippen molar-refractivity contribution in [2.75, 3.05) is 12.4 Å². The number of H-pyrrole nitrogens is 1. The zero-order valence-corrected chi connectivity index (χ0v) is 14.7. The Labute approximate surface area is 152 Å². The number of aromatic amines is 1. The van der Waals surface area contributed by atoms with Gasteiger partial charge >= 0.3 is 0 Å². The number of nitrogens with one attached hydrogen (secondary N) is 2. The van der Waals surface area contributed by atoms with Gasteiger partial charge in [-0.25, -0.2) is 0 Å². The number of carbonyl (C=O) groups is 1. The first-order chi connectivity index (χ1) is 12.7. The molecule has 1 aliphatic rings. The predicted octanol–water partition coefficient (Wildman–Crippen LogP) is 3.76. The number of aryl methyl sites for hydroxylation is 1. The monoisotopic (exact) mass is 347 g/mol. The van der Waals surface area contributed by atoms with Crippen molar-refractivity contribution in [1.29, 1.82) is 0 Å². The van der Waals surface area contributed by atoms with Crippen LogP contribution in [-0.4, -0.2) is 23.2 Å². The fourth-order valence-corrected chi connectivity index (χ4v) is 3.47. The minimum atomic E-state index is -0.0451. The Bertz CT molecular complexity index is 929. The van der Waals surface area contributed by atoms with E-state index in [-0.39, 0.29) is 5.91 Å². The number of hydrogen-bond donors (Lipinski definition) is 2. The van der Waals surface area contributed by atoms with Crippen molar-refractivity contribution in [3.05, 3.63) is 65.4 Å². The average molecular weight is 347 g/mol. The third-order valence-corrected chi connectivity index (χ3v) is 4.80. The van der Waals surface area contributed by atoms with E-state index in [4.69, 9.17) is 4.74 Å². The Morgan fingerprint density at radius 2 is 1.96 bits per heavy atom. The summed E-state index contributed by atoms with van der Waals surface area (Å²) in [6, 6.07) is 15.9. The molecule has 0 atom stereocenters. The SMILES string of the molecule is COc1ccccc1-c1ccc(CC(=O)Nc2n[nH]c3c2CCC3)cc1. The number of methoxy groups -OCH3 is 1. The van der Waals surface area contributed by atoms with Crippen LogP contribution < -0.4 is 10.1 Å². The number of benzene rings is 2. The number of ether oxygens (including phenoxy) is 1. The molecule has 0 bridgehead atoms. The normalized spacial score (nSPS) is 12.7. The summed E-state index contributed by atoms with van der Waals surface area (Å²) < 4.78 is 5.42. The number of amides is 1. The van der Waals surface area contributed by atoms with Crippen LogP contribution in [-0.2, 0) is 24.1 Å². The van der Waals surface area contributed by atoms with E-state index in [1.54, 1.807) is 7.11 Å². The van der Waals surface area contributed by atoms with Crippen LogP contribution in [0.3, 0.4) is 0 Å². The van der Waals surface area contributed by atoms with Gasteiger partial charge in [-0.15, -0.1) is 0 Å². The molecule has 26 heavy (non-hydrogen) atoms. The van der Waals surface area contributed by atoms with Gasteiger partial charge in [0.1, 0.15) is 5.75 Å². The first-order valence-electron chi connectivity index (χ1n) is 8.83. The molecule has 5 nitrogen and oxygen atoms in total. The van der Waals surface area contributed by atoms with Gasteiger partial charge in [0.15, 0.2) is 5.82 Å². The molecule has 3 aromatic rings. The second-order valence-corrected chi connectivity index (χ2v) is 6.51. The molecular formula is C21H21N3O2. The third kappa shape index (κ3) is 3.20. The Kier molecular flexibility index (Phi) is 4.44. The van der Waals surface area contributed by atoms with Gasteiger partial charge in [0.25, 0.3) is 0 Å². The molecule has 1 amide bonds. The molecule has 0 aliphatic heterocycles. The molecule has 2 aromatic carbocycles. The second-order valence-electron chi connectivity index (χ2n) is 6.51. The van der Waals surface area contributed by atoms with Gasteiger partial charge in [-0.05, 0) is 36.5 Å². The van der Waals surface area contributed by atoms with E-state index in [0.29, 0.717) is 12.2 Å². The van der Waals surface area contributed by atoms with E-state index < -0.39 is 0 Å². The van der Waals surface area contributed by atoms with Crippen molar-refractivity contribution >= 4 is 11.7 Å². The van der Waals surface area contributed by atoms with Crippen molar-refractivity contribution in [3.8, 4) is 16.9 Å². The third-order valence-electron chi connectivity index (χ3n) is 4.80. The largest absolute Gasteiger partial charge is 0.496 e. The van der Waals surface area contributed by atoms with Crippen molar-refractivity contribution in [1.82, 2.24) is 10.2 Å². The van der Waals surface area contributed by atoms with E-state index in [0.717, 1.165) is 53.0 Å². The molecular weight excluding hydrogens is 326 g/mol. The van der Waals surface area contributed by atoms with Crippen molar-refractivity contribution in [3.63, 3.8) is 0 Å². The van der Waals surface area contributed by atoms with Crippen LogP contribution in [0.1, 0.15) is 23.2 Å². The molecule has 132 valence electrons. The molecule has 1 aromatic heterocycles. The summed E-state index contributed by atoms with van der Waals surface area (Å²) in [7, 11) is 1.67. The van der Waals surface area contributed by atoms with Gasteiger partial charge in [-0.2, -0.15) is 5.10 Å². The van der Waals surface area contributed by atoms with Crippen molar-refractivity contribution < 1.29 is 9.53 Å². The summed E-state index contributed by atoms with van der Waals surface area (Å²) in [5.74, 6) is 1.48. The number of aromatic nitrogens is 2. The number of hydrogen-bond acceptors (Lipinski definition) is 3. The Balaban J connectivity index is 1.44. The predicted molar refractivity (Wildman–Crippen MR) is 101 cm³/mol. The van der Waals surface area contributed by atoms with Crippen molar-refractivity contribution in [2.45, 2.75) is 25.7 Å². The number of carbonyl (C=O) groups excluding carboxylic acids is 1. The summed E-state index contributed by atoms with van der Waals surface area (Å²) >= 11 is 0. The van der Waals surface area contributed by atoms with Gasteiger partial charge in [0.05, 0.1) is 13.5 Å².